The standard InChI is InChI=1S/C19H21NO6S2/c1-14-7-8-16(19(21)22)11-18(14)28(25,26)20(12-15-5-3-2-4-6-15)17-9-10-27(23,24)13-17/h2-8,11,17H,9-10,12-13H2,1H3,(H,21,22)/t17-/m0/s1. The molecule has 0 amide bonds. The molecule has 0 spiro atoms. The lowest BCUT2D eigenvalue weighted by molar-refractivity contribution is 0.0696. The second-order valence-corrected chi connectivity index (χ2v) is 11.0. The molecule has 2 aromatic carbocycles. The molecule has 1 fully saturated rings. The van der Waals surface area contributed by atoms with Gasteiger partial charge in [0.25, 0.3) is 0 Å². The van der Waals surface area contributed by atoms with E-state index in [2.05, 4.69) is 0 Å². The lowest BCUT2D eigenvalue weighted by Crippen LogP contribution is -2.40. The van der Waals surface area contributed by atoms with Gasteiger partial charge < -0.3 is 5.11 Å². The van der Waals surface area contributed by atoms with Gasteiger partial charge in [-0.2, -0.15) is 4.31 Å². The zero-order valence-electron chi connectivity index (χ0n) is 15.3. The van der Waals surface area contributed by atoms with Crippen molar-refractivity contribution in [1.82, 2.24) is 4.31 Å². The molecule has 0 unspecified atom stereocenters. The molecule has 0 bridgehead atoms. The van der Waals surface area contributed by atoms with Crippen LogP contribution in [0.4, 0.5) is 0 Å². The number of carboxylic acid groups (broad SMARTS) is 1. The highest BCUT2D eigenvalue weighted by molar-refractivity contribution is 7.92. The van der Waals surface area contributed by atoms with Gasteiger partial charge in [0.05, 0.1) is 22.0 Å². The van der Waals surface area contributed by atoms with Crippen LogP contribution in [0.3, 0.4) is 0 Å². The molecule has 0 aromatic heterocycles. The van der Waals surface area contributed by atoms with Crippen molar-refractivity contribution in [2.24, 2.45) is 0 Å². The third kappa shape index (κ3) is 4.26. The molecule has 28 heavy (non-hydrogen) atoms. The monoisotopic (exact) mass is 423 g/mol. The molecule has 0 saturated carbocycles. The predicted octanol–water partition coefficient (Wildman–Crippen LogP) is 2.07. The van der Waals surface area contributed by atoms with Crippen molar-refractivity contribution in [2.45, 2.75) is 30.8 Å². The fourth-order valence-corrected chi connectivity index (χ4v) is 7.03. The summed E-state index contributed by atoms with van der Waals surface area (Å²) in [5, 5.41) is 9.23. The summed E-state index contributed by atoms with van der Waals surface area (Å²) in [5.41, 5.74) is 0.995. The summed E-state index contributed by atoms with van der Waals surface area (Å²) in [6, 6.07) is 12.1. The second-order valence-electron chi connectivity index (χ2n) is 6.88. The molecule has 1 saturated heterocycles. The minimum absolute atomic E-state index is 0.0140. The quantitative estimate of drug-likeness (QED) is 0.762. The number of rotatable bonds is 6. The highest BCUT2D eigenvalue weighted by Gasteiger charge is 2.39. The number of carboxylic acids is 1. The summed E-state index contributed by atoms with van der Waals surface area (Å²) in [6.07, 6.45) is 0.214. The van der Waals surface area contributed by atoms with Crippen molar-refractivity contribution in [3.8, 4) is 0 Å². The fraction of sp³-hybridized carbons (Fsp3) is 0.316. The van der Waals surface area contributed by atoms with Crippen LogP contribution in [0.1, 0.15) is 27.9 Å². The minimum Gasteiger partial charge on any atom is -0.478 e. The van der Waals surface area contributed by atoms with E-state index in [1.165, 1.54) is 16.4 Å². The molecule has 0 radical (unpaired) electrons. The maximum Gasteiger partial charge on any atom is 0.335 e. The Labute approximate surface area is 164 Å². The number of hydrogen-bond donors (Lipinski definition) is 1. The first-order chi connectivity index (χ1) is 13.1. The maximum atomic E-state index is 13.5. The maximum absolute atomic E-state index is 13.5. The van der Waals surface area contributed by atoms with Crippen LogP contribution in [0.25, 0.3) is 0 Å². The minimum atomic E-state index is -4.11. The third-order valence-electron chi connectivity index (χ3n) is 4.82. The Morgan fingerprint density at radius 1 is 1.18 bits per heavy atom. The van der Waals surface area contributed by atoms with E-state index in [0.29, 0.717) is 5.56 Å². The molecule has 1 heterocycles. The van der Waals surface area contributed by atoms with E-state index in [9.17, 15) is 26.7 Å². The lowest BCUT2D eigenvalue weighted by Gasteiger charge is -2.28. The molecular formula is C19H21NO6S2. The van der Waals surface area contributed by atoms with Crippen LogP contribution in [-0.2, 0) is 26.4 Å². The van der Waals surface area contributed by atoms with Crippen LogP contribution in [0.5, 0.6) is 0 Å². The van der Waals surface area contributed by atoms with Gasteiger partial charge in [-0.25, -0.2) is 21.6 Å². The number of sulfone groups is 1. The zero-order chi connectivity index (χ0) is 20.5. The number of sulfonamides is 1. The van der Waals surface area contributed by atoms with Gasteiger partial charge in [0.2, 0.25) is 10.0 Å². The first kappa shape index (κ1) is 20.5. The van der Waals surface area contributed by atoms with Gasteiger partial charge in [0, 0.05) is 12.6 Å². The van der Waals surface area contributed by atoms with Crippen molar-refractivity contribution in [1.29, 1.82) is 0 Å². The van der Waals surface area contributed by atoms with E-state index >= 15 is 0 Å². The summed E-state index contributed by atoms with van der Waals surface area (Å²) in [4.78, 5) is 11.2. The molecular weight excluding hydrogens is 402 g/mol. The number of aryl methyl sites for hydroxylation is 1. The summed E-state index contributed by atoms with van der Waals surface area (Å²) >= 11 is 0. The van der Waals surface area contributed by atoms with Crippen LogP contribution in [0.15, 0.2) is 53.4 Å². The van der Waals surface area contributed by atoms with Crippen LogP contribution in [0.2, 0.25) is 0 Å². The molecule has 7 nitrogen and oxygen atoms in total. The molecule has 0 aliphatic carbocycles. The van der Waals surface area contributed by atoms with Gasteiger partial charge in [-0.05, 0) is 36.6 Å². The van der Waals surface area contributed by atoms with Crippen LogP contribution in [0, 0.1) is 6.92 Å². The van der Waals surface area contributed by atoms with Crippen molar-refractivity contribution in [2.75, 3.05) is 11.5 Å². The van der Waals surface area contributed by atoms with Crippen LogP contribution in [-0.4, -0.2) is 49.8 Å². The third-order valence-corrected chi connectivity index (χ3v) is 8.61. The number of carbonyl (C=O) groups is 1. The molecule has 150 valence electrons. The molecule has 3 rings (SSSR count). The van der Waals surface area contributed by atoms with E-state index < -0.39 is 31.9 Å². The van der Waals surface area contributed by atoms with Crippen molar-refractivity contribution < 1.29 is 26.7 Å². The summed E-state index contributed by atoms with van der Waals surface area (Å²) in [7, 11) is -7.42. The molecule has 1 atom stereocenters. The lowest BCUT2D eigenvalue weighted by atomic mass is 10.1. The Morgan fingerprint density at radius 2 is 1.86 bits per heavy atom. The van der Waals surface area contributed by atoms with Crippen molar-refractivity contribution in [3.63, 3.8) is 0 Å². The SMILES string of the molecule is Cc1ccc(C(=O)O)cc1S(=O)(=O)N(Cc1ccccc1)[C@H]1CCS(=O)(=O)C1. The average molecular weight is 424 g/mol. The zero-order valence-corrected chi connectivity index (χ0v) is 16.9. The second kappa shape index (κ2) is 7.65. The van der Waals surface area contributed by atoms with Crippen LogP contribution < -0.4 is 0 Å². The summed E-state index contributed by atoms with van der Waals surface area (Å²) < 4.78 is 52.1. The predicted molar refractivity (Wildman–Crippen MR) is 104 cm³/mol. The Balaban J connectivity index is 2.08. The van der Waals surface area contributed by atoms with Gasteiger partial charge >= 0.3 is 5.97 Å². The van der Waals surface area contributed by atoms with E-state index in [-0.39, 0.29) is 34.9 Å². The average Bonchev–Trinajstić information content (AvgIpc) is 2.99. The van der Waals surface area contributed by atoms with Gasteiger partial charge in [0.15, 0.2) is 9.84 Å². The van der Waals surface area contributed by atoms with Crippen molar-refractivity contribution in [3.05, 3.63) is 65.2 Å². The van der Waals surface area contributed by atoms with Crippen molar-refractivity contribution >= 4 is 25.8 Å². The molecule has 1 aliphatic heterocycles. The number of benzene rings is 2. The van der Waals surface area contributed by atoms with Gasteiger partial charge in [0.1, 0.15) is 0 Å². The Hall–Kier alpha value is -2.23. The molecule has 2 aromatic rings. The van der Waals surface area contributed by atoms with Gasteiger partial charge in [-0.15, -0.1) is 0 Å². The Morgan fingerprint density at radius 3 is 2.43 bits per heavy atom. The van der Waals surface area contributed by atoms with Gasteiger partial charge in [-0.3, -0.25) is 0 Å². The van der Waals surface area contributed by atoms with E-state index in [0.717, 1.165) is 11.6 Å². The van der Waals surface area contributed by atoms with E-state index in [1.54, 1.807) is 31.2 Å². The Bertz CT molecular complexity index is 1090. The van der Waals surface area contributed by atoms with Gasteiger partial charge in [-0.1, -0.05) is 36.4 Å². The topological polar surface area (TPSA) is 109 Å². The molecule has 1 aliphatic rings. The highest BCUT2D eigenvalue weighted by Crippen LogP contribution is 2.29. The fourth-order valence-electron chi connectivity index (χ4n) is 3.31. The molecule has 1 N–H and O–H groups in total. The van der Waals surface area contributed by atoms with E-state index in [4.69, 9.17) is 0 Å². The van der Waals surface area contributed by atoms with E-state index in [1.807, 2.05) is 6.07 Å². The normalized spacial score (nSPS) is 19.0. The first-order valence-corrected chi connectivity index (χ1v) is 12.0. The highest BCUT2D eigenvalue weighted by atomic mass is 32.2. The Kier molecular flexibility index (Phi) is 5.60. The number of aromatic carboxylic acids is 1. The summed E-state index contributed by atoms with van der Waals surface area (Å²) in [5.74, 6) is -1.53. The van der Waals surface area contributed by atoms with Crippen LogP contribution >= 0.6 is 0 Å². The molecule has 9 heteroatoms. The smallest absolute Gasteiger partial charge is 0.335 e. The number of hydrogen-bond acceptors (Lipinski definition) is 5. The number of nitrogens with zero attached hydrogens (tertiary/aromatic N) is 1. The first-order valence-electron chi connectivity index (χ1n) is 8.70. The summed E-state index contributed by atoms with van der Waals surface area (Å²) in [6.45, 7) is 1.60. The largest absolute Gasteiger partial charge is 0.478 e.